The van der Waals surface area contributed by atoms with Crippen molar-refractivity contribution in [2.24, 2.45) is 0 Å². The molecule has 0 unspecified atom stereocenters. The number of aromatic nitrogens is 4. The van der Waals surface area contributed by atoms with E-state index in [-0.39, 0.29) is 5.56 Å². The van der Waals surface area contributed by atoms with Gasteiger partial charge in [-0.25, -0.2) is 9.50 Å². The van der Waals surface area contributed by atoms with Gasteiger partial charge in [0.15, 0.2) is 5.65 Å². The highest BCUT2D eigenvalue weighted by Gasteiger charge is 2.17. The maximum absolute atomic E-state index is 13.3. The van der Waals surface area contributed by atoms with Crippen molar-refractivity contribution in [1.82, 2.24) is 19.2 Å². The number of nitrogens with zero attached hydrogens (tertiary/aromatic N) is 3. The molecular weight excluding hydrogens is 416 g/mol. The van der Waals surface area contributed by atoms with Gasteiger partial charge in [0.25, 0.3) is 5.56 Å². The number of thiophene rings is 1. The van der Waals surface area contributed by atoms with Crippen molar-refractivity contribution in [2.45, 2.75) is 27.2 Å². The molecule has 160 valence electrons. The zero-order valence-electron chi connectivity index (χ0n) is 18.3. The Hall–Kier alpha value is -3.64. The minimum Gasteiger partial charge on any atom is -0.317 e. The van der Waals surface area contributed by atoms with E-state index in [2.05, 4.69) is 47.1 Å². The van der Waals surface area contributed by atoms with Crippen molar-refractivity contribution in [3.8, 4) is 16.3 Å². The third-order valence-electron chi connectivity index (χ3n) is 5.75. The first-order chi connectivity index (χ1) is 15.5. The van der Waals surface area contributed by atoms with Crippen LogP contribution in [-0.2, 0) is 6.42 Å². The van der Waals surface area contributed by atoms with Crippen LogP contribution in [0.2, 0.25) is 0 Å². The fourth-order valence-corrected chi connectivity index (χ4v) is 4.97. The summed E-state index contributed by atoms with van der Waals surface area (Å²) in [5.41, 5.74) is 7.52. The van der Waals surface area contributed by atoms with Gasteiger partial charge in [-0.1, -0.05) is 42.5 Å². The highest BCUT2D eigenvalue weighted by Crippen LogP contribution is 2.33. The van der Waals surface area contributed by atoms with Crippen LogP contribution in [0.15, 0.2) is 70.8 Å². The Labute approximate surface area is 190 Å². The lowest BCUT2D eigenvalue weighted by Gasteiger charge is -2.09. The molecule has 32 heavy (non-hydrogen) atoms. The molecule has 0 saturated heterocycles. The largest absolute Gasteiger partial charge is 0.317 e. The fraction of sp³-hybridized carbons (Fsp3) is 0.154. The second-order valence-electron chi connectivity index (χ2n) is 7.95. The lowest BCUT2D eigenvalue weighted by molar-refractivity contribution is 0.866. The van der Waals surface area contributed by atoms with Crippen LogP contribution in [0, 0.1) is 20.8 Å². The van der Waals surface area contributed by atoms with E-state index in [0.717, 1.165) is 27.5 Å². The SMILES string of the molecule is Cc1nc2cc(-c3sccc3-n3c(C)ccc3C)[nH]n2c(=O)c1C/C=C/c1ccccc1. The first-order valence-corrected chi connectivity index (χ1v) is 11.5. The van der Waals surface area contributed by atoms with E-state index in [1.54, 1.807) is 15.9 Å². The summed E-state index contributed by atoms with van der Waals surface area (Å²) in [5, 5.41) is 5.38. The van der Waals surface area contributed by atoms with Gasteiger partial charge in [-0.05, 0) is 56.3 Å². The van der Waals surface area contributed by atoms with Crippen LogP contribution in [0.25, 0.3) is 28.0 Å². The number of hydrogen-bond donors (Lipinski definition) is 1. The van der Waals surface area contributed by atoms with Crippen LogP contribution in [0.4, 0.5) is 0 Å². The number of allylic oxidation sites excluding steroid dienone is 1. The normalized spacial score (nSPS) is 11.7. The first kappa shape index (κ1) is 20.3. The molecule has 5 rings (SSSR count). The Morgan fingerprint density at radius 3 is 2.53 bits per heavy atom. The predicted octanol–water partition coefficient (Wildman–Crippen LogP) is 5.72. The van der Waals surface area contributed by atoms with Gasteiger partial charge in [0.1, 0.15) is 0 Å². The van der Waals surface area contributed by atoms with Crippen LogP contribution in [0.5, 0.6) is 0 Å². The van der Waals surface area contributed by atoms with Crippen molar-refractivity contribution in [2.75, 3.05) is 0 Å². The van der Waals surface area contributed by atoms with Crippen LogP contribution >= 0.6 is 11.3 Å². The summed E-state index contributed by atoms with van der Waals surface area (Å²) in [6, 6.07) is 18.4. The van der Waals surface area contributed by atoms with Crippen LogP contribution in [0.3, 0.4) is 0 Å². The molecule has 0 aliphatic heterocycles. The van der Waals surface area contributed by atoms with Gasteiger partial charge in [-0.3, -0.25) is 9.89 Å². The molecule has 0 aliphatic rings. The van der Waals surface area contributed by atoms with Gasteiger partial charge in [0.2, 0.25) is 0 Å². The number of H-pyrrole nitrogens is 1. The van der Waals surface area contributed by atoms with Gasteiger partial charge >= 0.3 is 0 Å². The standard InChI is InChI=1S/C26H24N4OS/c1-17-12-13-18(2)29(17)23-14-15-32-25(23)22-16-24-27-19(3)21(26(31)30(24)28-22)11-7-10-20-8-5-4-6-9-20/h4-10,12-16,28H,11H2,1-3H3/b10-7+. The monoisotopic (exact) mass is 440 g/mol. The average molecular weight is 441 g/mol. The molecule has 0 spiro atoms. The van der Waals surface area contributed by atoms with E-state index in [4.69, 9.17) is 4.98 Å². The number of aromatic amines is 1. The predicted molar refractivity (Wildman–Crippen MR) is 132 cm³/mol. The van der Waals surface area contributed by atoms with Crippen molar-refractivity contribution in [1.29, 1.82) is 0 Å². The highest BCUT2D eigenvalue weighted by atomic mass is 32.1. The maximum Gasteiger partial charge on any atom is 0.276 e. The fourth-order valence-electron chi connectivity index (χ4n) is 4.13. The summed E-state index contributed by atoms with van der Waals surface area (Å²) < 4.78 is 3.80. The van der Waals surface area contributed by atoms with Gasteiger partial charge in [-0.15, -0.1) is 11.3 Å². The van der Waals surface area contributed by atoms with E-state index >= 15 is 0 Å². The van der Waals surface area contributed by atoms with Crippen molar-refractivity contribution >= 4 is 23.1 Å². The number of nitrogens with one attached hydrogen (secondary N) is 1. The summed E-state index contributed by atoms with van der Waals surface area (Å²) in [4.78, 5) is 19.1. The Morgan fingerprint density at radius 2 is 1.78 bits per heavy atom. The molecule has 5 aromatic rings. The molecule has 5 nitrogen and oxygen atoms in total. The first-order valence-electron chi connectivity index (χ1n) is 10.6. The number of aryl methyl sites for hydroxylation is 3. The molecule has 1 aromatic carbocycles. The van der Waals surface area contributed by atoms with Crippen molar-refractivity contribution in [3.05, 3.63) is 105 Å². The molecule has 0 saturated carbocycles. The van der Waals surface area contributed by atoms with Crippen molar-refractivity contribution in [3.63, 3.8) is 0 Å². The van der Waals surface area contributed by atoms with Gasteiger partial charge in [0, 0.05) is 28.7 Å². The zero-order chi connectivity index (χ0) is 22.2. The minimum atomic E-state index is -0.0529. The Kier molecular flexibility index (Phi) is 5.15. The molecule has 0 fully saturated rings. The summed E-state index contributed by atoms with van der Waals surface area (Å²) in [6.07, 6.45) is 4.59. The quantitative estimate of drug-likeness (QED) is 0.380. The van der Waals surface area contributed by atoms with E-state index in [9.17, 15) is 4.79 Å². The molecule has 0 atom stereocenters. The third kappa shape index (κ3) is 3.52. The molecule has 0 radical (unpaired) electrons. The zero-order valence-corrected chi connectivity index (χ0v) is 19.1. The molecule has 6 heteroatoms. The summed E-state index contributed by atoms with van der Waals surface area (Å²) in [5.74, 6) is 0. The molecule has 0 amide bonds. The van der Waals surface area contributed by atoms with Crippen LogP contribution in [0.1, 0.15) is 28.2 Å². The third-order valence-corrected chi connectivity index (χ3v) is 6.68. The molecule has 1 N–H and O–H groups in total. The number of hydrogen-bond acceptors (Lipinski definition) is 3. The van der Waals surface area contributed by atoms with E-state index in [1.807, 2.05) is 55.5 Å². The Bertz CT molecular complexity index is 1480. The maximum atomic E-state index is 13.3. The minimum absolute atomic E-state index is 0.0529. The average Bonchev–Trinajstić information content (AvgIpc) is 3.49. The summed E-state index contributed by atoms with van der Waals surface area (Å²) in [6.45, 7) is 6.11. The lowest BCUT2D eigenvalue weighted by atomic mass is 10.1. The molecule has 4 heterocycles. The van der Waals surface area contributed by atoms with Gasteiger partial charge in [-0.2, -0.15) is 0 Å². The summed E-state index contributed by atoms with van der Waals surface area (Å²) >= 11 is 1.65. The molecule has 0 aliphatic carbocycles. The van der Waals surface area contributed by atoms with Gasteiger partial charge < -0.3 is 4.57 Å². The van der Waals surface area contributed by atoms with Crippen LogP contribution in [-0.4, -0.2) is 19.2 Å². The molecule has 4 aromatic heterocycles. The second kappa shape index (κ2) is 8.13. The number of benzene rings is 1. The number of fused-ring (bicyclic) bond motifs is 1. The summed E-state index contributed by atoms with van der Waals surface area (Å²) in [7, 11) is 0. The molecular formula is C26H24N4OS. The molecule has 0 bridgehead atoms. The smallest absolute Gasteiger partial charge is 0.276 e. The second-order valence-corrected chi connectivity index (χ2v) is 8.86. The number of rotatable bonds is 5. The topological polar surface area (TPSA) is 55.1 Å². The van der Waals surface area contributed by atoms with Gasteiger partial charge in [0.05, 0.1) is 16.3 Å². The Balaban J connectivity index is 1.54. The lowest BCUT2D eigenvalue weighted by Crippen LogP contribution is -2.21. The van der Waals surface area contributed by atoms with Crippen molar-refractivity contribution < 1.29 is 0 Å². The van der Waals surface area contributed by atoms with E-state index in [0.29, 0.717) is 17.6 Å². The van der Waals surface area contributed by atoms with E-state index < -0.39 is 0 Å². The highest BCUT2D eigenvalue weighted by molar-refractivity contribution is 7.14. The van der Waals surface area contributed by atoms with E-state index in [1.165, 1.54) is 11.4 Å². The van der Waals surface area contributed by atoms with Crippen LogP contribution < -0.4 is 5.56 Å². The Morgan fingerprint density at radius 1 is 1.03 bits per heavy atom.